The van der Waals surface area contributed by atoms with E-state index in [2.05, 4.69) is 19.7 Å². The molecule has 178 valence electrons. The number of ketones is 1. The molecule has 0 amide bonds. The average Bonchev–Trinajstić information content (AvgIpc) is 3.26. The number of halogens is 2. The predicted octanol–water partition coefficient (Wildman–Crippen LogP) is 3.87. The van der Waals surface area contributed by atoms with E-state index in [1.165, 1.54) is 36.8 Å². The highest BCUT2D eigenvalue weighted by Crippen LogP contribution is 2.26. The summed E-state index contributed by atoms with van der Waals surface area (Å²) in [5.41, 5.74) is 6.92. The Labute approximate surface area is 199 Å². The van der Waals surface area contributed by atoms with Crippen LogP contribution in [0.15, 0.2) is 77.0 Å². The van der Waals surface area contributed by atoms with Crippen LogP contribution in [0.4, 0.5) is 14.5 Å². The van der Waals surface area contributed by atoms with Gasteiger partial charge >= 0.3 is 0 Å². The van der Waals surface area contributed by atoms with Gasteiger partial charge in [-0.3, -0.25) is 14.5 Å². The summed E-state index contributed by atoms with van der Waals surface area (Å²) in [6, 6.07) is 9.31. The van der Waals surface area contributed by atoms with Crippen molar-refractivity contribution >= 4 is 44.3 Å². The van der Waals surface area contributed by atoms with Crippen LogP contribution in [0.3, 0.4) is 0 Å². The lowest BCUT2D eigenvalue weighted by molar-refractivity contribution is 0.103. The van der Waals surface area contributed by atoms with Crippen LogP contribution in [-0.2, 0) is 10.0 Å². The maximum atomic E-state index is 14.7. The molecule has 2 aromatic heterocycles. The minimum Gasteiger partial charge on any atom is -0.404 e. The van der Waals surface area contributed by atoms with Gasteiger partial charge in [-0.05, 0) is 42.5 Å². The summed E-state index contributed by atoms with van der Waals surface area (Å²) in [6.45, 7) is 0. The number of nitrogens with one attached hydrogen (secondary N) is 2. The smallest absolute Gasteiger partial charge is 0.261 e. The summed E-state index contributed by atoms with van der Waals surface area (Å²) in [5.74, 6) is -2.27. The highest BCUT2D eigenvalue weighted by molar-refractivity contribution is 7.92. The van der Waals surface area contributed by atoms with E-state index in [9.17, 15) is 22.0 Å². The number of carbonyl (C=O) groups is 1. The van der Waals surface area contributed by atoms with Crippen LogP contribution >= 0.6 is 0 Å². The monoisotopic (exact) mass is 495 g/mol. The van der Waals surface area contributed by atoms with Crippen LogP contribution in [0.25, 0.3) is 16.6 Å². The second kappa shape index (κ2) is 9.47. The van der Waals surface area contributed by atoms with E-state index in [0.717, 1.165) is 24.3 Å². The Bertz CT molecular complexity index is 1610. The molecule has 4 rings (SSSR count). The molecule has 0 radical (unpaired) electrons. The molecular weight excluding hydrogens is 476 g/mol. The Morgan fingerprint density at radius 3 is 2.66 bits per heavy atom. The molecule has 4 N–H and O–H groups in total. The summed E-state index contributed by atoms with van der Waals surface area (Å²) in [7, 11) is -2.59. The van der Waals surface area contributed by atoms with Gasteiger partial charge in [0.2, 0.25) is 0 Å². The van der Waals surface area contributed by atoms with Crippen molar-refractivity contribution in [3.63, 3.8) is 0 Å². The molecule has 4 aromatic rings. The van der Waals surface area contributed by atoms with Gasteiger partial charge in [-0.25, -0.2) is 22.2 Å². The van der Waals surface area contributed by atoms with Gasteiger partial charge in [0.1, 0.15) is 17.3 Å². The number of aliphatic imine (C=N–C) groups is 1. The van der Waals surface area contributed by atoms with Crippen molar-refractivity contribution in [1.82, 2.24) is 9.97 Å². The van der Waals surface area contributed by atoms with Crippen LogP contribution in [0.1, 0.15) is 21.5 Å². The minimum absolute atomic E-state index is 0.0647. The molecular formula is C24H19F2N5O3S. The quantitative estimate of drug-likeness (QED) is 0.265. The van der Waals surface area contributed by atoms with Crippen molar-refractivity contribution in [2.75, 3.05) is 11.8 Å². The third-order valence-electron chi connectivity index (χ3n) is 5.13. The number of H-pyrrole nitrogens is 1. The second-order valence-electron chi connectivity index (χ2n) is 7.42. The number of pyridine rings is 1. The van der Waals surface area contributed by atoms with Gasteiger partial charge in [0.15, 0.2) is 5.78 Å². The van der Waals surface area contributed by atoms with Crippen LogP contribution in [0.2, 0.25) is 0 Å². The number of nitrogens with two attached hydrogens (primary N) is 1. The van der Waals surface area contributed by atoms with E-state index in [4.69, 9.17) is 5.73 Å². The molecule has 0 saturated carbocycles. The number of carbonyl (C=O) groups excluding carboxylic acids is 1. The lowest BCUT2D eigenvalue weighted by Crippen LogP contribution is -2.14. The van der Waals surface area contributed by atoms with E-state index in [-0.39, 0.29) is 21.7 Å². The summed E-state index contributed by atoms with van der Waals surface area (Å²) in [6.07, 6.45) is 5.82. The first kappa shape index (κ1) is 23.8. The fraction of sp³-hybridized carbons (Fsp3) is 0.0417. The molecule has 35 heavy (non-hydrogen) atoms. The second-order valence-corrected chi connectivity index (χ2v) is 9.10. The molecule has 0 atom stereocenters. The standard InChI is InChI=1S/C24H19F2N5O3S/c1-28-11-15(10-27)14-7-19-21(13-30-24(19)29-12-14)23(32)20-9-17(5-6-22(20)26)31-35(33,34)18-4-2-3-16(25)8-18/h2-13,31H,27H2,1H3,(H,29,30). The number of aromatic amines is 1. The number of rotatable bonds is 7. The van der Waals surface area contributed by atoms with Crippen molar-refractivity contribution in [3.05, 3.63) is 95.4 Å². The minimum atomic E-state index is -4.17. The molecule has 2 heterocycles. The molecule has 0 spiro atoms. The maximum absolute atomic E-state index is 14.7. The van der Waals surface area contributed by atoms with Crippen molar-refractivity contribution in [2.24, 2.45) is 10.7 Å². The third-order valence-corrected chi connectivity index (χ3v) is 6.51. The van der Waals surface area contributed by atoms with Crippen LogP contribution in [0.5, 0.6) is 0 Å². The molecule has 0 fully saturated rings. The first-order valence-corrected chi connectivity index (χ1v) is 11.7. The Morgan fingerprint density at radius 2 is 1.94 bits per heavy atom. The molecule has 0 saturated heterocycles. The van der Waals surface area contributed by atoms with Crippen molar-refractivity contribution in [2.45, 2.75) is 4.90 Å². The van der Waals surface area contributed by atoms with Gasteiger partial charge in [0.25, 0.3) is 10.0 Å². The summed E-state index contributed by atoms with van der Waals surface area (Å²) < 4.78 is 55.6. The van der Waals surface area contributed by atoms with Crippen LogP contribution < -0.4 is 10.5 Å². The molecule has 8 nitrogen and oxygen atoms in total. The summed E-state index contributed by atoms with van der Waals surface area (Å²) in [4.78, 5) is 24.0. The van der Waals surface area contributed by atoms with E-state index in [0.29, 0.717) is 22.2 Å². The number of hydrogen-bond donors (Lipinski definition) is 3. The van der Waals surface area contributed by atoms with Crippen molar-refractivity contribution in [3.8, 4) is 0 Å². The number of sulfonamides is 1. The zero-order valence-corrected chi connectivity index (χ0v) is 19.1. The van der Waals surface area contributed by atoms with E-state index in [1.54, 1.807) is 19.3 Å². The number of allylic oxidation sites excluding steroid dienone is 1. The summed E-state index contributed by atoms with van der Waals surface area (Å²) >= 11 is 0. The Hall–Kier alpha value is -4.38. The van der Waals surface area contributed by atoms with Crippen molar-refractivity contribution < 1.29 is 22.0 Å². The zero-order chi connectivity index (χ0) is 25.2. The Morgan fingerprint density at radius 1 is 1.14 bits per heavy atom. The fourth-order valence-electron chi connectivity index (χ4n) is 3.46. The number of fused-ring (bicyclic) bond motifs is 1. The number of nitrogens with zero attached hydrogens (tertiary/aromatic N) is 2. The Kier molecular flexibility index (Phi) is 6.43. The molecule has 0 aliphatic rings. The number of hydrogen-bond acceptors (Lipinski definition) is 6. The van der Waals surface area contributed by atoms with Crippen molar-refractivity contribution in [1.29, 1.82) is 0 Å². The molecule has 11 heteroatoms. The van der Waals surface area contributed by atoms with E-state index in [1.807, 2.05) is 0 Å². The normalized spacial score (nSPS) is 12.4. The first-order valence-electron chi connectivity index (χ1n) is 10.2. The van der Waals surface area contributed by atoms with E-state index < -0.39 is 27.4 Å². The fourth-order valence-corrected chi connectivity index (χ4v) is 4.54. The number of anilines is 1. The average molecular weight is 496 g/mol. The van der Waals surface area contributed by atoms with Gasteiger partial charge in [-0.2, -0.15) is 0 Å². The zero-order valence-electron chi connectivity index (χ0n) is 18.3. The molecule has 0 unspecified atom stereocenters. The maximum Gasteiger partial charge on any atom is 0.261 e. The Balaban J connectivity index is 1.72. The molecule has 0 aliphatic carbocycles. The first-order chi connectivity index (χ1) is 16.7. The molecule has 0 bridgehead atoms. The van der Waals surface area contributed by atoms with Gasteiger partial charge in [0.05, 0.1) is 10.5 Å². The van der Waals surface area contributed by atoms with Gasteiger partial charge < -0.3 is 10.7 Å². The molecule has 2 aromatic carbocycles. The summed E-state index contributed by atoms with van der Waals surface area (Å²) in [5, 5.41) is 0.418. The number of benzene rings is 2. The predicted molar refractivity (Wildman–Crippen MR) is 130 cm³/mol. The van der Waals surface area contributed by atoms with Gasteiger partial charge in [0, 0.05) is 59.6 Å². The third kappa shape index (κ3) is 4.80. The lowest BCUT2D eigenvalue weighted by Gasteiger charge is -2.10. The SMILES string of the molecule is CN=CC(=CN)c1cnc2[nH]cc(C(=O)c3cc(NS(=O)(=O)c4cccc(F)c4)ccc3F)c2c1. The molecule has 0 aliphatic heterocycles. The lowest BCUT2D eigenvalue weighted by atomic mass is 10.0. The largest absolute Gasteiger partial charge is 0.404 e. The van der Waals surface area contributed by atoms with Crippen LogP contribution in [0, 0.1) is 11.6 Å². The topological polar surface area (TPSA) is 130 Å². The highest BCUT2D eigenvalue weighted by Gasteiger charge is 2.21. The highest BCUT2D eigenvalue weighted by atomic mass is 32.2. The van der Waals surface area contributed by atoms with Gasteiger partial charge in [-0.15, -0.1) is 0 Å². The number of aromatic nitrogens is 2. The van der Waals surface area contributed by atoms with E-state index >= 15 is 0 Å². The van der Waals surface area contributed by atoms with Crippen LogP contribution in [-0.4, -0.2) is 37.4 Å². The van der Waals surface area contributed by atoms with Gasteiger partial charge in [-0.1, -0.05) is 6.07 Å².